The number of pyridine rings is 1. The molecule has 5 heterocycles. The van der Waals surface area contributed by atoms with Gasteiger partial charge in [-0.15, -0.1) is 11.5 Å². The Morgan fingerprint density at radius 2 is 1.65 bits per heavy atom. The number of hydrogen-bond donors (Lipinski definition) is 3. The molecular formula is C60H72N12O7. The summed E-state index contributed by atoms with van der Waals surface area (Å²) in [5, 5.41) is 40.2. The number of alkyl carbamates (subject to hydrolysis) is 1. The molecule has 19 heteroatoms. The van der Waals surface area contributed by atoms with Crippen molar-refractivity contribution in [2.45, 2.75) is 124 Å². The van der Waals surface area contributed by atoms with E-state index in [1.807, 2.05) is 70.0 Å². The summed E-state index contributed by atoms with van der Waals surface area (Å²) in [5.41, 5.74) is 6.45. The van der Waals surface area contributed by atoms with Gasteiger partial charge in [-0.25, -0.2) is 14.2 Å². The van der Waals surface area contributed by atoms with E-state index in [1.54, 1.807) is 60.4 Å². The number of aromatic nitrogens is 6. The summed E-state index contributed by atoms with van der Waals surface area (Å²) >= 11 is 0. The van der Waals surface area contributed by atoms with E-state index < -0.39 is 41.8 Å². The number of nitrogens with one attached hydrogen (secondary N) is 2. The van der Waals surface area contributed by atoms with Gasteiger partial charge in [-0.1, -0.05) is 76.1 Å². The van der Waals surface area contributed by atoms with Crippen LogP contribution >= 0.6 is 0 Å². The van der Waals surface area contributed by atoms with Crippen molar-refractivity contribution in [1.82, 2.24) is 55.1 Å². The number of likely N-dealkylation sites (tertiary alicyclic amines) is 1. The molecule has 5 atom stereocenters. The molecule has 2 fully saturated rings. The van der Waals surface area contributed by atoms with Crippen LogP contribution in [0.4, 0.5) is 4.79 Å². The molecule has 6 aromatic rings. The summed E-state index contributed by atoms with van der Waals surface area (Å²) in [6.07, 6.45) is 10.2. The SMILES string of the molecule is C#Cc1ccc([C@H](CC(=O)N2CCN(Cc3ccc(-n4cc5nccc(-c6ccc(OC[C@H](CC(C)(C)C)NC(=O)OC(C)(C)C)c(C#N)c6)c5n4)cc3)CC2)NC(=O)[C@@H]2C[C@@H](O)CN2C(=O)C(C(C)C)n2cc(C)nn2)cc1. The Morgan fingerprint density at radius 3 is 2.28 bits per heavy atom. The van der Waals surface area contributed by atoms with Crippen LogP contribution in [0.5, 0.6) is 5.75 Å². The van der Waals surface area contributed by atoms with E-state index in [0.29, 0.717) is 78.3 Å². The maximum Gasteiger partial charge on any atom is 0.407 e. The number of fused-ring (bicyclic) bond motifs is 1. The number of hydrogen-bond acceptors (Lipinski definition) is 13. The van der Waals surface area contributed by atoms with Crippen LogP contribution in [0.1, 0.15) is 115 Å². The molecule has 3 aromatic carbocycles. The van der Waals surface area contributed by atoms with Gasteiger partial charge in [0.15, 0.2) is 0 Å². The molecule has 0 spiro atoms. The van der Waals surface area contributed by atoms with Crippen molar-refractivity contribution >= 4 is 34.8 Å². The van der Waals surface area contributed by atoms with Gasteiger partial charge >= 0.3 is 6.09 Å². The van der Waals surface area contributed by atoms with E-state index in [2.05, 4.69) is 75.7 Å². The molecule has 4 amide bonds. The monoisotopic (exact) mass is 1070 g/mol. The van der Waals surface area contributed by atoms with Crippen molar-refractivity contribution < 1.29 is 33.8 Å². The van der Waals surface area contributed by atoms with Gasteiger partial charge in [0, 0.05) is 69.2 Å². The van der Waals surface area contributed by atoms with Gasteiger partial charge in [0.25, 0.3) is 0 Å². The van der Waals surface area contributed by atoms with Crippen molar-refractivity contribution in [1.29, 1.82) is 5.26 Å². The molecule has 1 unspecified atom stereocenters. The van der Waals surface area contributed by atoms with Gasteiger partial charge in [0.1, 0.15) is 47.1 Å². The second-order valence-corrected chi connectivity index (χ2v) is 23.2. The Kier molecular flexibility index (Phi) is 17.5. The minimum Gasteiger partial charge on any atom is -0.490 e. The molecule has 0 saturated carbocycles. The van der Waals surface area contributed by atoms with Gasteiger partial charge in [0.2, 0.25) is 17.7 Å². The molecule has 8 rings (SSSR count). The van der Waals surface area contributed by atoms with Crippen LogP contribution in [0.2, 0.25) is 0 Å². The average molecular weight is 1070 g/mol. The average Bonchev–Trinajstić information content (AvgIpc) is 4.33. The third-order valence-electron chi connectivity index (χ3n) is 14.0. The predicted octanol–water partition coefficient (Wildman–Crippen LogP) is 7.30. The molecule has 0 radical (unpaired) electrons. The third kappa shape index (κ3) is 14.5. The van der Waals surface area contributed by atoms with Crippen molar-refractivity contribution in [3.05, 3.63) is 119 Å². The number of carbonyl (C=O) groups excluding carboxylic acids is 4. The number of ether oxygens (including phenoxy) is 2. The quantitative estimate of drug-likeness (QED) is 0.0764. The molecular weight excluding hydrogens is 1000 g/mol. The van der Waals surface area contributed by atoms with E-state index in [1.165, 1.54) is 9.58 Å². The van der Waals surface area contributed by atoms with Crippen LogP contribution in [-0.2, 0) is 25.7 Å². The lowest BCUT2D eigenvalue weighted by molar-refractivity contribution is -0.143. The summed E-state index contributed by atoms with van der Waals surface area (Å²) in [6, 6.07) is 22.1. The highest BCUT2D eigenvalue weighted by Gasteiger charge is 2.43. The Balaban J connectivity index is 0.882. The standard InChI is InChI=1S/C60H72N12O7/c1-11-40-12-16-42(17-13-40)49(64-56(75)51-29-47(73)35-70(51)57(76)55(38(2)3)72-33-39(4)65-67-72)30-53(74)69-26-24-68(25-27-69)34-41-14-19-46(20-15-41)71-36-50-54(66-71)48(22-23-62-50)43-18-21-52(44(28-43)32-61)78-37-45(31-59(5,6)7)63-58(77)79-60(8,9)10/h1,12-23,28,33,36,38,45,47,49,51,55,73H,24-27,29-31,34-35,37H2,2-10H3,(H,63,77)(H,64,75)/t45-,47+,49-,51-,55?/m0/s1. The third-order valence-corrected chi connectivity index (χ3v) is 14.0. The molecule has 2 aliphatic heterocycles. The van der Waals surface area contributed by atoms with Crippen LogP contribution in [0, 0.1) is 41.9 Å². The zero-order chi connectivity index (χ0) is 56.8. The van der Waals surface area contributed by atoms with Crippen molar-refractivity contribution in [3.63, 3.8) is 0 Å². The van der Waals surface area contributed by atoms with Gasteiger partial charge in [-0.3, -0.25) is 24.3 Å². The number of nitriles is 1. The first-order valence-electron chi connectivity index (χ1n) is 26.9. The number of aliphatic hydroxyl groups is 1. The number of benzene rings is 3. The largest absolute Gasteiger partial charge is 0.490 e. The van der Waals surface area contributed by atoms with E-state index >= 15 is 0 Å². The first kappa shape index (κ1) is 57.1. The zero-order valence-corrected chi connectivity index (χ0v) is 46.6. The fraction of sp³-hybridized carbons (Fsp3) is 0.450. The Hall–Kier alpha value is -8.13. The second kappa shape index (κ2) is 24.3. The summed E-state index contributed by atoms with van der Waals surface area (Å²) in [7, 11) is 0. The fourth-order valence-electron chi connectivity index (χ4n) is 10.2. The van der Waals surface area contributed by atoms with E-state index in [9.17, 15) is 29.5 Å². The molecule has 2 saturated heterocycles. The maximum absolute atomic E-state index is 14.2. The van der Waals surface area contributed by atoms with Crippen LogP contribution in [0.15, 0.2) is 91.4 Å². The first-order valence-corrected chi connectivity index (χ1v) is 26.9. The fourth-order valence-corrected chi connectivity index (χ4v) is 10.2. The number of aliphatic hydroxyl groups excluding tert-OH is 1. The Morgan fingerprint density at radius 1 is 0.924 bits per heavy atom. The minimum absolute atomic E-state index is 0.00956. The summed E-state index contributed by atoms with van der Waals surface area (Å²) in [4.78, 5) is 65.3. The highest BCUT2D eigenvalue weighted by molar-refractivity contribution is 5.92. The number of aryl methyl sites for hydroxylation is 1. The topological polar surface area (TPSA) is 226 Å². The van der Waals surface area contributed by atoms with Gasteiger partial charge in [-0.2, -0.15) is 10.4 Å². The van der Waals surface area contributed by atoms with Crippen molar-refractivity contribution in [3.8, 4) is 41.0 Å². The molecule has 0 bridgehead atoms. The number of piperazine rings is 1. The molecule has 3 N–H and O–H groups in total. The zero-order valence-electron chi connectivity index (χ0n) is 46.6. The first-order chi connectivity index (χ1) is 37.5. The van der Waals surface area contributed by atoms with E-state index in [4.69, 9.17) is 21.0 Å². The summed E-state index contributed by atoms with van der Waals surface area (Å²) in [5.74, 6) is 1.92. The van der Waals surface area contributed by atoms with Crippen LogP contribution < -0.4 is 15.4 Å². The number of amides is 4. The molecule has 79 heavy (non-hydrogen) atoms. The van der Waals surface area contributed by atoms with Gasteiger partial charge < -0.3 is 35.0 Å². The predicted molar refractivity (Wildman–Crippen MR) is 298 cm³/mol. The Bertz CT molecular complexity index is 3220. The van der Waals surface area contributed by atoms with Gasteiger partial charge in [0.05, 0.1) is 47.8 Å². The molecule has 3 aromatic heterocycles. The van der Waals surface area contributed by atoms with Crippen molar-refractivity contribution in [2.24, 2.45) is 11.3 Å². The maximum atomic E-state index is 14.2. The van der Waals surface area contributed by atoms with E-state index in [-0.39, 0.29) is 55.2 Å². The number of carbonyl (C=O) groups is 4. The van der Waals surface area contributed by atoms with Crippen LogP contribution in [0.3, 0.4) is 0 Å². The summed E-state index contributed by atoms with van der Waals surface area (Å²) in [6.45, 7) is 20.4. The van der Waals surface area contributed by atoms with E-state index in [0.717, 1.165) is 22.4 Å². The molecule has 414 valence electrons. The highest BCUT2D eigenvalue weighted by atomic mass is 16.6. The number of β-amino-alcohol motifs (C(OH)–C–C–N with tert-alkyl or cyclic N) is 1. The second-order valence-electron chi connectivity index (χ2n) is 23.2. The lowest BCUT2D eigenvalue weighted by atomic mass is 9.88. The number of nitrogens with zero attached hydrogens (tertiary/aromatic N) is 10. The summed E-state index contributed by atoms with van der Waals surface area (Å²) < 4.78 is 15.0. The van der Waals surface area contributed by atoms with Crippen molar-refractivity contribution in [2.75, 3.05) is 39.3 Å². The normalized spacial score (nSPS) is 17.2. The lowest BCUT2D eigenvalue weighted by Gasteiger charge is -2.36. The lowest BCUT2D eigenvalue weighted by Crippen LogP contribution is -2.51. The molecule has 2 aliphatic rings. The highest BCUT2D eigenvalue weighted by Crippen LogP contribution is 2.33. The molecule has 19 nitrogen and oxygen atoms in total. The minimum atomic E-state index is -0.962. The smallest absolute Gasteiger partial charge is 0.407 e. The van der Waals surface area contributed by atoms with Gasteiger partial charge in [-0.05, 0) is 105 Å². The van der Waals surface area contributed by atoms with Crippen LogP contribution in [-0.4, -0.2) is 136 Å². The number of terminal acetylenes is 1. The van der Waals surface area contributed by atoms with Crippen LogP contribution in [0.25, 0.3) is 27.8 Å². The molecule has 0 aliphatic carbocycles. The Labute approximate surface area is 462 Å². The number of rotatable bonds is 17.